The van der Waals surface area contributed by atoms with Crippen LogP contribution in [-0.2, 0) is 19.1 Å². The molecule has 15 heteroatoms. The molecule has 364 valence electrons. The molecule has 1 aromatic heterocycles. The zero-order chi connectivity index (χ0) is 49.6. The summed E-state index contributed by atoms with van der Waals surface area (Å²) < 4.78 is 18.0. The number of rotatable bonds is 20. The maximum atomic E-state index is 14.1. The number of halogens is 1. The lowest BCUT2D eigenvalue weighted by atomic mass is 9.49. The highest BCUT2D eigenvalue weighted by Crippen LogP contribution is 2.55. The van der Waals surface area contributed by atoms with Crippen LogP contribution in [0.3, 0.4) is 0 Å². The first-order chi connectivity index (χ1) is 32.1. The van der Waals surface area contributed by atoms with Gasteiger partial charge >= 0.3 is 0 Å². The molecule has 2 fully saturated rings. The Kier molecular flexibility index (Phi) is 16.8. The third-order valence-electron chi connectivity index (χ3n) is 13.3. The van der Waals surface area contributed by atoms with Gasteiger partial charge in [0, 0.05) is 54.5 Å². The molecule has 0 bridgehead atoms. The first-order valence-corrected chi connectivity index (χ1v) is 24.7. The van der Waals surface area contributed by atoms with Crippen LogP contribution in [0.5, 0.6) is 11.5 Å². The molecule has 3 amide bonds. The normalized spacial score (nSPS) is 20.4. The fourth-order valence-electron chi connectivity index (χ4n) is 9.83. The molecular weight excluding hydrogens is 902 g/mol. The maximum absolute atomic E-state index is 14.1. The van der Waals surface area contributed by atoms with Gasteiger partial charge in [0.1, 0.15) is 36.3 Å². The number of hydrogen-bond donors (Lipinski definition) is 3. The van der Waals surface area contributed by atoms with Gasteiger partial charge < -0.3 is 34.9 Å². The highest BCUT2D eigenvalue weighted by molar-refractivity contribution is 7.13. The number of unbranched alkanes of at least 4 members (excludes halogenated alkanes) is 2. The lowest BCUT2D eigenvalue weighted by molar-refractivity contribution is -0.164. The lowest BCUT2D eigenvalue weighted by Crippen LogP contribution is -2.74. The van der Waals surface area contributed by atoms with Crippen molar-refractivity contribution in [3.8, 4) is 28.0 Å². The van der Waals surface area contributed by atoms with Crippen molar-refractivity contribution in [2.45, 2.75) is 131 Å². The Balaban J connectivity index is 0.887. The molecule has 0 unspecified atom stereocenters. The highest BCUT2D eigenvalue weighted by Gasteiger charge is 2.64. The summed E-state index contributed by atoms with van der Waals surface area (Å²) >= 11 is 7.82. The zero-order valence-corrected chi connectivity index (χ0v) is 42.3. The van der Waals surface area contributed by atoms with Gasteiger partial charge in [0.15, 0.2) is 5.78 Å². The van der Waals surface area contributed by atoms with Crippen LogP contribution in [0.25, 0.3) is 10.4 Å². The summed E-state index contributed by atoms with van der Waals surface area (Å²) in [6, 6.07) is 20.4. The number of aryl methyl sites for hydroxylation is 1. The van der Waals surface area contributed by atoms with E-state index in [1.54, 1.807) is 53.8 Å². The number of Topliss-reactive ketones (excluding diaryl/α,β-unsaturated/α-hetero) is 1. The van der Waals surface area contributed by atoms with E-state index in [1.165, 1.54) is 4.90 Å². The first kappa shape index (κ1) is 52.0. The van der Waals surface area contributed by atoms with Crippen molar-refractivity contribution in [3.05, 3.63) is 99.6 Å². The minimum absolute atomic E-state index is 0.0214. The summed E-state index contributed by atoms with van der Waals surface area (Å²) in [7, 11) is 0. The van der Waals surface area contributed by atoms with E-state index >= 15 is 0 Å². The molecule has 2 aliphatic rings. The lowest BCUT2D eigenvalue weighted by Gasteiger charge is -2.63. The molecule has 2 heterocycles. The summed E-state index contributed by atoms with van der Waals surface area (Å²) in [5, 5.41) is 26.3. The van der Waals surface area contributed by atoms with E-state index in [1.807, 2.05) is 64.4 Å². The summed E-state index contributed by atoms with van der Waals surface area (Å²) in [6.07, 6.45) is 1.55. The molecule has 68 heavy (non-hydrogen) atoms. The molecule has 0 spiro atoms. The number of benzene rings is 3. The van der Waals surface area contributed by atoms with Gasteiger partial charge in [-0.25, -0.2) is 4.98 Å². The third-order valence-corrected chi connectivity index (χ3v) is 14.6. The number of carbonyl (C=O) groups is 4. The molecule has 13 nitrogen and oxygen atoms in total. The Morgan fingerprint density at radius 3 is 2.25 bits per heavy atom. The minimum Gasteiger partial charge on any atom is -0.494 e. The smallest absolute Gasteiger partial charge is 0.251 e. The fraction of sp³-hybridized carbons (Fsp3) is 0.509. The van der Waals surface area contributed by atoms with E-state index in [0.29, 0.717) is 47.3 Å². The molecule has 6 rings (SSSR count). The van der Waals surface area contributed by atoms with Crippen molar-refractivity contribution in [3.63, 3.8) is 0 Å². The van der Waals surface area contributed by atoms with Gasteiger partial charge in [-0.15, -0.1) is 11.3 Å². The molecule has 4 atom stereocenters. The number of ether oxygens (including phenoxy) is 3. The number of β-amino-alcohol motifs (C(OH)–C–C–N with tert-alkyl or cyclic N) is 1. The number of aliphatic hydroxyl groups excluding tert-OH is 1. The van der Waals surface area contributed by atoms with E-state index in [-0.39, 0.29) is 66.6 Å². The second-order valence-electron chi connectivity index (χ2n) is 20.5. The van der Waals surface area contributed by atoms with Crippen molar-refractivity contribution in [2.75, 3.05) is 26.4 Å². The number of nitrogens with one attached hydrogen (secondary N) is 2. The van der Waals surface area contributed by atoms with Gasteiger partial charge in [0.05, 0.1) is 45.4 Å². The SMILES string of the molecule is Cc1ncsc1-c1ccc([C@H](C)CC(=O)[C@@H]2C[C@@H](O)CN2C(=O)[C@@H](NC(=O)COCCCCCOc2ccc(C(=O)NC3C(C)(C)C(Oc4ccc(C#N)c(Cl)c4)C3(C)C)cc2)C(C)(C)C)cc1. The highest BCUT2D eigenvalue weighted by atomic mass is 35.5. The van der Waals surface area contributed by atoms with Crippen molar-refractivity contribution < 1.29 is 38.5 Å². The fourth-order valence-corrected chi connectivity index (χ4v) is 10.9. The molecule has 1 aliphatic carbocycles. The number of likely N-dealkylation sites (tertiary alicyclic amines) is 1. The number of thiazole rings is 1. The first-order valence-electron chi connectivity index (χ1n) is 23.4. The van der Waals surface area contributed by atoms with Crippen LogP contribution in [0.4, 0.5) is 0 Å². The number of aliphatic hydroxyl groups is 1. The van der Waals surface area contributed by atoms with Gasteiger partial charge in [-0.05, 0) is 85.0 Å². The number of carbonyl (C=O) groups excluding carboxylic acids is 4. The second kappa shape index (κ2) is 22.0. The maximum Gasteiger partial charge on any atom is 0.251 e. The quantitative estimate of drug-likeness (QED) is 0.0724. The summed E-state index contributed by atoms with van der Waals surface area (Å²) in [5.74, 6) is -0.0221. The van der Waals surface area contributed by atoms with Gasteiger partial charge in [-0.1, -0.05) is 91.3 Å². The van der Waals surface area contributed by atoms with Crippen molar-refractivity contribution in [1.82, 2.24) is 20.5 Å². The molecule has 3 N–H and O–H groups in total. The average Bonchev–Trinajstić information content (AvgIpc) is 3.91. The predicted octanol–water partition coefficient (Wildman–Crippen LogP) is 9.08. The third kappa shape index (κ3) is 12.3. The van der Waals surface area contributed by atoms with E-state index in [9.17, 15) is 29.5 Å². The molecule has 1 saturated heterocycles. The van der Waals surface area contributed by atoms with Gasteiger partial charge in [0.25, 0.3) is 5.91 Å². The van der Waals surface area contributed by atoms with Crippen LogP contribution in [0, 0.1) is 34.5 Å². The minimum atomic E-state index is -0.933. The van der Waals surface area contributed by atoms with Crippen LogP contribution in [0.2, 0.25) is 5.02 Å². The predicted molar refractivity (Wildman–Crippen MR) is 264 cm³/mol. The van der Waals surface area contributed by atoms with E-state index < -0.39 is 35.4 Å². The Morgan fingerprint density at radius 2 is 1.63 bits per heavy atom. The van der Waals surface area contributed by atoms with Gasteiger partial charge in [-0.2, -0.15) is 5.26 Å². The Morgan fingerprint density at radius 1 is 0.971 bits per heavy atom. The number of ketones is 1. The molecule has 4 aromatic rings. The Hall–Kier alpha value is -5.33. The largest absolute Gasteiger partial charge is 0.494 e. The number of hydrogen-bond acceptors (Lipinski definition) is 11. The summed E-state index contributed by atoms with van der Waals surface area (Å²) in [5.41, 5.74) is 4.33. The number of aromatic nitrogens is 1. The van der Waals surface area contributed by atoms with Crippen LogP contribution < -0.4 is 20.1 Å². The molecular formula is C53H66ClN5O8S. The summed E-state index contributed by atoms with van der Waals surface area (Å²) in [6.45, 7) is 18.4. The number of nitriles is 1. The molecule has 1 saturated carbocycles. The van der Waals surface area contributed by atoms with Crippen LogP contribution >= 0.6 is 22.9 Å². The molecule has 1 aliphatic heterocycles. The van der Waals surface area contributed by atoms with Gasteiger partial charge in [-0.3, -0.25) is 19.2 Å². The Labute approximate surface area is 409 Å². The molecule has 0 radical (unpaired) electrons. The van der Waals surface area contributed by atoms with Crippen molar-refractivity contribution in [1.29, 1.82) is 5.26 Å². The zero-order valence-electron chi connectivity index (χ0n) is 40.7. The van der Waals surface area contributed by atoms with E-state index in [0.717, 1.165) is 34.5 Å². The number of nitrogens with zero attached hydrogens (tertiary/aromatic N) is 3. The van der Waals surface area contributed by atoms with E-state index in [2.05, 4.69) is 49.4 Å². The van der Waals surface area contributed by atoms with Crippen LogP contribution in [-0.4, -0.2) is 95.2 Å². The monoisotopic (exact) mass is 967 g/mol. The van der Waals surface area contributed by atoms with Crippen molar-refractivity contribution in [2.24, 2.45) is 16.2 Å². The molecule has 3 aromatic carbocycles. The summed E-state index contributed by atoms with van der Waals surface area (Å²) in [4.78, 5) is 61.2. The topological polar surface area (TPSA) is 180 Å². The number of amides is 3. The average molecular weight is 969 g/mol. The Bertz CT molecular complexity index is 2440. The van der Waals surface area contributed by atoms with Crippen LogP contribution in [0.15, 0.2) is 72.2 Å². The van der Waals surface area contributed by atoms with Crippen LogP contribution in [0.1, 0.15) is 121 Å². The standard InChI is InChI=1S/C53H66ClN5O8S/c1-32(34-13-15-35(16-14-34)45-33(2)56-31-68-45)25-43(61)42-26-38(60)29-59(42)48(64)46(51(3,4)5)57-44(62)30-65-23-11-10-12-24-66-39-20-17-36(18-21-39)47(63)58-49-52(6,7)50(53(49,8)9)67-40-22-19-37(28-55)41(54)27-40/h13-22,27,31-32,38,42,46,49-50,60H,10-12,23-26,29-30H2,1-9H3,(H,57,62)(H,58,63)/t32-,38-,42+,46-,49?,50?/m1/s1. The van der Waals surface area contributed by atoms with Gasteiger partial charge in [0.2, 0.25) is 11.8 Å². The van der Waals surface area contributed by atoms with E-state index in [4.69, 9.17) is 25.8 Å². The van der Waals surface area contributed by atoms with Crippen molar-refractivity contribution >= 4 is 46.4 Å². The second-order valence-corrected chi connectivity index (χ2v) is 21.8.